The molecule has 0 aliphatic rings. The second-order valence-electron chi connectivity index (χ2n) is 3.92. The predicted octanol–water partition coefficient (Wildman–Crippen LogP) is 3.21. The Balaban J connectivity index is 2.39. The molecule has 2 aromatic rings. The number of benzene rings is 1. The van der Waals surface area contributed by atoms with Gasteiger partial charge in [0.15, 0.2) is 11.4 Å². The van der Waals surface area contributed by atoms with Gasteiger partial charge in [0, 0.05) is 18.1 Å². The first-order chi connectivity index (χ1) is 9.24. The van der Waals surface area contributed by atoms with Crippen molar-refractivity contribution in [1.29, 1.82) is 5.26 Å². The standard InChI is InChI=1S/C14H14N4S/c1-11-5-6-12(17-14(19-2)16-10-15)9-13(11)18-7-3-4-8-18/h3-9H,1-2H3,(H,16,17). The molecule has 1 N–H and O–H groups in total. The number of thioether (sulfide) groups is 1. The van der Waals surface area contributed by atoms with Gasteiger partial charge in [-0.3, -0.25) is 5.32 Å². The van der Waals surface area contributed by atoms with Crippen LogP contribution in [0.2, 0.25) is 0 Å². The summed E-state index contributed by atoms with van der Waals surface area (Å²) in [4.78, 5) is 4.41. The van der Waals surface area contributed by atoms with E-state index in [2.05, 4.69) is 17.2 Å². The average Bonchev–Trinajstić information content (AvgIpc) is 2.94. The predicted molar refractivity (Wildman–Crippen MR) is 79.9 cm³/mol. The number of hydrogen-bond acceptors (Lipinski definition) is 3. The van der Waals surface area contributed by atoms with Gasteiger partial charge >= 0.3 is 0 Å². The van der Waals surface area contributed by atoms with Crippen molar-refractivity contribution >= 4 is 22.6 Å². The summed E-state index contributed by atoms with van der Waals surface area (Å²) in [5.41, 5.74) is 3.08. The Morgan fingerprint density at radius 1 is 1.37 bits per heavy atom. The number of aromatic nitrogens is 1. The van der Waals surface area contributed by atoms with Crippen LogP contribution in [-0.4, -0.2) is 16.0 Å². The molecular weight excluding hydrogens is 256 g/mol. The quantitative estimate of drug-likeness (QED) is 0.394. The average molecular weight is 270 g/mol. The molecule has 4 nitrogen and oxygen atoms in total. The largest absolute Gasteiger partial charge is 0.324 e. The first-order valence-corrected chi connectivity index (χ1v) is 6.99. The molecule has 0 saturated heterocycles. The number of aryl methyl sites for hydroxylation is 1. The van der Waals surface area contributed by atoms with Crippen molar-refractivity contribution in [3.63, 3.8) is 0 Å². The molecule has 5 heteroatoms. The third kappa shape index (κ3) is 3.18. The summed E-state index contributed by atoms with van der Waals surface area (Å²) in [5.74, 6) is 0. The van der Waals surface area contributed by atoms with Crippen molar-refractivity contribution in [2.75, 3.05) is 6.26 Å². The summed E-state index contributed by atoms with van der Waals surface area (Å²) in [5, 5.41) is 11.8. The van der Waals surface area contributed by atoms with Crippen LogP contribution in [0.25, 0.3) is 5.69 Å². The van der Waals surface area contributed by atoms with Gasteiger partial charge in [-0.25, -0.2) is 4.99 Å². The SMILES string of the molecule is CSC(=Nc1ccc(C)c(-n2cccc2)c1)NC#N. The fourth-order valence-electron chi connectivity index (χ4n) is 1.73. The number of nitrogens with zero attached hydrogens (tertiary/aromatic N) is 3. The van der Waals surface area contributed by atoms with Crippen molar-refractivity contribution in [2.24, 2.45) is 4.99 Å². The zero-order valence-corrected chi connectivity index (χ0v) is 11.6. The maximum absolute atomic E-state index is 8.64. The zero-order chi connectivity index (χ0) is 13.7. The molecule has 0 fully saturated rings. The molecule has 0 amide bonds. The lowest BCUT2D eigenvalue weighted by Gasteiger charge is -2.08. The van der Waals surface area contributed by atoms with Crippen LogP contribution in [0.1, 0.15) is 5.56 Å². The van der Waals surface area contributed by atoms with Crippen LogP contribution >= 0.6 is 11.8 Å². The fraction of sp³-hybridized carbons (Fsp3) is 0.143. The summed E-state index contributed by atoms with van der Waals surface area (Å²) < 4.78 is 2.05. The fourth-order valence-corrected chi connectivity index (χ4v) is 2.07. The molecular formula is C14H14N4S. The van der Waals surface area contributed by atoms with Crippen LogP contribution in [0.3, 0.4) is 0 Å². The number of aliphatic imine (C=N–C) groups is 1. The minimum atomic E-state index is 0.588. The molecule has 96 valence electrons. The van der Waals surface area contributed by atoms with Crippen molar-refractivity contribution in [2.45, 2.75) is 6.92 Å². The molecule has 1 aromatic carbocycles. The molecule has 0 aliphatic carbocycles. The van der Waals surface area contributed by atoms with Crippen LogP contribution in [0.15, 0.2) is 47.7 Å². The number of rotatable bonds is 2. The maximum atomic E-state index is 8.64. The zero-order valence-electron chi connectivity index (χ0n) is 10.8. The molecule has 2 rings (SSSR count). The summed E-state index contributed by atoms with van der Waals surface area (Å²) in [7, 11) is 0. The summed E-state index contributed by atoms with van der Waals surface area (Å²) >= 11 is 1.41. The molecule has 0 atom stereocenters. The third-order valence-electron chi connectivity index (χ3n) is 2.66. The Kier molecular flexibility index (Phi) is 4.26. The van der Waals surface area contributed by atoms with E-state index in [0.29, 0.717) is 5.17 Å². The Morgan fingerprint density at radius 2 is 2.11 bits per heavy atom. The van der Waals surface area contributed by atoms with Crippen LogP contribution in [-0.2, 0) is 0 Å². The second-order valence-corrected chi connectivity index (χ2v) is 4.71. The third-order valence-corrected chi connectivity index (χ3v) is 3.24. The van der Waals surface area contributed by atoms with Crippen LogP contribution in [0.5, 0.6) is 0 Å². The first kappa shape index (κ1) is 13.2. The molecule has 0 radical (unpaired) electrons. The van der Waals surface area contributed by atoms with Crippen molar-refractivity contribution in [1.82, 2.24) is 9.88 Å². The van der Waals surface area contributed by atoms with E-state index in [-0.39, 0.29) is 0 Å². The van der Waals surface area contributed by atoms with Gasteiger partial charge in [0.25, 0.3) is 0 Å². The van der Waals surface area contributed by atoms with Crippen molar-refractivity contribution in [3.8, 4) is 11.9 Å². The van der Waals surface area contributed by atoms with E-state index >= 15 is 0 Å². The number of nitrogens with one attached hydrogen (secondary N) is 1. The lowest BCUT2D eigenvalue weighted by Crippen LogP contribution is -2.12. The van der Waals surface area contributed by atoms with Gasteiger partial charge in [0.1, 0.15) is 0 Å². The van der Waals surface area contributed by atoms with Gasteiger partial charge in [-0.1, -0.05) is 17.8 Å². The normalized spacial score (nSPS) is 11.1. The minimum absolute atomic E-state index is 0.588. The number of nitriles is 1. The molecule has 0 saturated carbocycles. The molecule has 0 unspecified atom stereocenters. The Hall–Kier alpha value is -2.19. The van der Waals surface area contributed by atoms with E-state index in [9.17, 15) is 0 Å². The van der Waals surface area contributed by atoms with E-state index in [0.717, 1.165) is 11.4 Å². The highest BCUT2D eigenvalue weighted by Crippen LogP contribution is 2.22. The lowest BCUT2D eigenvalue weighted by atomic mass is 10.2. The summed E-state index contributed by atoms with van der Waals surface area (Å²) in [6.07, 6.45) is 7.76. The summed E-state index contributed by atoms with van der Waals surface area (Å²) in [6, 6.07) is 9.95. The Morgan fingerprint density at radius 3 is 2.74 bits per heavy atom. The Labute approximate surface area is 116 Å². The molecule has 0 spiro atoms. The van der Waals surface area contributed by atoms with E-state index < -0.39 is 0 Å². The van der Waals surface area contributed by atoms with E-state index in [1.54, 1.807) is 0 Å². The highest BCUT2D eigenvalue weighted by atomic mass is 32.2. The monoisotopic (exact) mass is 270 g/mol. The van der Waals surface area contributed by atoms with Crippen LogP contribution < -0.4 is 5.32 Å². The lowest BCUT2D eigenvalue weighted by molar-refractivity contribution is 1.06. The topological polar surface area (TPSA) is 53.1 Å². The highest BCUT2D eigenvalue weighted by molar-refractivity contribution is 8.13. The highest BCUT2D eigenvalue weighted by Gasteiger charge is 2.03. The van der Waals surface area contributed by atoms with Gasteiger partial charge in [-0.15, -0.1) is 0 Å². The van der Waals surface area contributed by atoms with Gasteiger partial charge in [-0.05, 0) is 43.0 Å². The van der Waals surface area contributed by atoms with Crippen molar-refractivity contribution < 1.29 is 0 Å². The molecule has 0 bridgehead atoms. The molecule has 0 aliphatic heterocycles. The maximum Gasteiger partial charge on any atom is 0.183 e. The summed E-state index contributed by atoms with van der Waals surface area (Å²) in [6.45, 7) is 2.06. The van der Waals surface area contributed by atoms with Gasteiger partial charge in [-0.2, -0.15) is 5.26 Å². The van der Waals surface area contributed by atoms with E-state index in [1.807, 2.05) is 59.7 Å². The number of amidine groups is 1. The molecule has 1 aromatic heterocycles. The van der Waals surface area contributed by atoms with Gasteiger partial charge in [0.05, 0.1) is 5.69 Å². The minimum Gasteiger partial charge on any atom is -0.324 e. The molecule has 1 heterocycles. The smallest absolute Gasteiger partial charge is 0.183 e. The number of hydrogen-bond donors (Lipinski definition) is 1. The van der Waals surface area contributed by atoms with Crippen LogP contribution in [0.4, 0.5) is 5.69 Å². The van der Waals surface area contributed by atoms with E-state index in [4.69, 9.17) is 5.26 Å². The van der Waals surface area contributed by atoms with Crippen LogP contribution in [0, 0.1) is 18.4 Å². The second kappa shape index (κ2) is 6.12. The van der Waals surface area contributed by atoms with Gasteiger partial charge in [0.2, 0.25) is 0 Å². The first-order valence-electron chi connectivity index (χ1n) is 5.76. The van der Waals surface area contributed by atoms with Gasteiger partial charge < -0.3 is 4.57 Å². The van der Waals surface area contributed by atoms with Crippen molar-refractivity contribution in [3.05, 3.63) is 48.3 Å². The molecule has 19 heavy (non-hydrogen) atoms. The Bertz CT molecular complexity index is 623. The van der Waals surface area contributed by atoms with E-state index in [1.165, 1.54) is 17.3 Å².